The average Bonchev–Trinajstić information content (AvgIpc) is 1.83. The molecule has 0 amide bonds. The first-order valence-electron chi connectivity index (χ1n) is 3.44. The van der Waals surface area contributed by atoms with E-state index in [1.807, 2.05) is 13.8 Å². The van der Waals surface area contributed by atoms with Crippen LogP contribution < -0.4 is 0 Å². The molecule has 0 fully saturated rings. The summed E-state index contributed by atoms with van der Waals surface area (Å²) < 4.78 is 16.2. The van der Waals surface area contributed by atoms with E-state index in [-0.39, 0.29) is 5.41 Å². The highest BCUT2D eigenvalue weighted by molar-refractivity contribution is 7.57. The highest BCUT2D eigenvalue weighted by atomic mass is 31.2. The molecule has 3 heteroatoms. The molecule has 0 spiro atoms. The molecule has 0 saturated heterocycles. The van der Waals surface area contributed by atoms with Gasteiger partial charge >= 0.3 is 0 Å². The molecule has 0 N–H and O–H groups in total. The van der Waals surface area contributed by atoms with E-state index < -0.39 is 7.37 Å². The van der Waals surface area contributed by atoms with E-state index in [2.05, 4.69) is 5.92 Å². The quantitative estimate of drug-likeness (QED) is 0.484. The minimum absolute atomic E-state index is 0.318. The molecule has 0 aliphatic rings. The number of hydrogen-bond donors (Lipinski definition) is 0. The fraction of sp³-hybridized carbons (Fsp3) is 0.750. The molecule has 0 unspecified atom stereocenters. The SMILES string of the molecule is C#CC(C)(C)COP(C)(C)=O. The first-order valence-corrected chi connectivity index (χ1v) is 5.96. The zero-order chi connectivity index (χ0) is 9.12. The predicted molar refractivity (Wildman–Crippen MR) is 48.0 cm³/mol. The highest BCUT2D eigenvalue weighted by Gasteiger charge is 2.18. The largest absolute Gasteiger partial charge is 0.327 e. The van der Waals surface area contributed by atoms with Gasteiger partial charge in [0, 0.05) is 18.7 Å². The molecule has 0 aromatic heterocycles. The van der Waals surface area contributed by atoms with Gasteiger partial charge in [-0.1, -0.05) is 5.92 Å². The molecular weight excluding hydrogens is 159 g/mol. The lowest BCUT2D eigenvalue weighted by molar-refractivity contribution is 0.234. The number of terminal acetylenes is 1. The van der Waals surface area contributed by atoms with Gasteiger partial charge in [0.1, 0.15) is 0 Å². The summed E-state index contributed by atoms with van der Waals surface area (Å²) in [5, 5.41) is 0. The van der Waals surface area contributed by atoms with Crippen LogP contribution in [0.15, 0.2) is 0 Å². The molecule has 0 aliphatic carbocycles. The van der Waals surface area contributed by atoms with Crippen molar-refractivity contribution in [3.05, 3.63) is 0 Å². The lowest BCUT2D eigenvalue weighted by atomic mass is 9.97. The van der Waals surface area contributed by atoms with Crippen LogP contribution in [0.3, 0.4) is 0 Å². The lowest BCUT2D eigenvalue weighted by Crippen LogP contribution is -2.15. The third-order valence-corrected chi connectivity index (χ3v) is 1.88. The van der Waals surface area contributed by atoms with Crippen molar-refractivity contribution in [3.8, 4) is 12.3 Å². The molecule has 0 radical (unpaired) electrons. The molecule has 2 nitrogen and oxygen atoms in total. The maximum absolute atomic E-state index is 11.1. The minimum atomic E-state index is -2.37. The Bertz CT molecular complexity index is 207. The molecule has 0 atom stereocenters. The predicted octanol–water partition coefficient (Wildman–Crippen LogP) is 2.20. The van der Waals surface area contributed by atoms with Crippen molar-refractivity contribution in [1.29, 1.82) is 0 Å². The van der Waals surface area contributed by atoms with Crippen molar-refractivity contribution in [2.24, 2.45) is 5.41 Å². The van der Waals surface area contributed by atoms with Crippen LogP contribution in [-0.4, -0.2) is 19.9 Å². The summed E-state index contributed by atoms with van der Waals surface area (Å²) >= 11 is 0. The van der Waals surface area contributed by atoms with E-state index in [0.29, 0.717) is 6.61 Å². The topological polar surface area (TPSA) is 26.3 Å². The maximum atomic E-state index is 11.1. The van der Waals surface area contributed by atoms with Crippen molar-refractivity contribution in [2.75, 3.05) is 19.9 Å². The van der Waals surface area contributed by atoms with Crippen LogP contribution in [-0.2, 0) is 9.09 Å². The fourth-order valence-electron chi connectivity index (χ4n) is 0.358. The van der Waals surface area contributed by atoms with Crippen LogP contribution in [0.1, 0.15) is 13.8 Å². The molecule has 0 aromatic rings. The molecule has 0 aliphatic heterocycles. The van der Waals surface area contributed by atoms with E-state index in [0.717, 1.165) is 0 Å². The maximum Gasteiger partial charge on any atom is 0.197 e. The van der Waals surface area contributed by atoms with Crippen LogP contribution in [0.5, 0.6) is 0 Å². The second-order valence-electron chi connectivity index (χ2n) is 3.55. The van der Waals surface area contributed by atoms with Gasteiger partial charge in [-0.05, 0) is 13.8 Å². The van der Waals surface area contributed by atoms with E-state index in [9.17, 15) is 4.57 Å². The number of rotatable bonds is 3. The minimum Gasteiger partial charge on any atom is -0.327 e. The first-order chi connectivity index (χ1) is 4.77. The van der Waals surface area contributed by atoms with Crippen LogP contribution in [0.25, 0.3) is 0 Å². The molecule has 0 rings (SSSR count). The van der Waals surface area contributed by atoms with Gasteiger partial charge in [0.05, 0.1) is 6.61 Å². The Morgan fingerprint density at radius 2 is 2.00 bits per heavy atom. The molecule has 0 saturated carbocycles. The zero-order valence-electron chi connectivity index (χ0n) is 7.55. The van der Waals surface area contributed by atoms with Crippen molar-refractivity contribution < 1.29 is 9.09 Å². The fourth-order valence-corrected chi connectivity index (χ4v) is 0.992. The summed E-state index contributed by atoms with van der Waals surface area (Å²) in [6.07, 6.45) is 5.22. The van der Waals surface area contributed by atoms with E-state index in [4.69, 9.17) is 10.9 Å². The number of hydrogen-bond acceptors (Lipinski definition) is 2. The molecule has 0 heterocycles. The van der Waals surface area contributed by atoms with Gasteiger partial charge < -0.3 is 4.52 Å². The third kappa shape index (κ3) is 6.16. The van der Waals surface area contributed by atoms with Gasteiger partial charge in [-0.3, -0.25) is 4.57 Å². The van der Waals surface area contributed by atoms with E-state index >= 15 is 0 Å². The lowest BCUT2D eigenvalue weighted by Gasteiger charge is -2.18. The van der Waals surface area contributed by atoms with Gasteiger partial charge in [0.25, 0.3) is 0 Å². The van der Waals surface area contributed by atoms with Gasteiger partial charge in [0.2, 0.25) is 0 Å². The van der Waals surface area contributed by atoms with Crippen LogP contribution in [0, 0.1) is 17.8 Å². The smallest absolute Gasteiger partial charge is 0.197 e. The van der Waals surface area contributed by atoms with Crippen molar-refractivity contribution in [2.45, 2.75) is 13.8 Å². The third-order valence-electron chi connectivity index (χ3n) is 1.13. The first kappa shape index (κ1) is 10.8. The van der Waals surface area contributed by atoms with Gasteiger partial charge in [0.15, 0.2) is 7.37 Å². The van der Waals surface area contributed by atoms with E-state index in [1.165, 1.54) is 0 Å². The Morgan fingerprint density at radius 3 is 2.27 bits per heavy atom. The summed E-state index contributed by atoms with van der Waals surface area (Å²) in [5.41, 5.74) is -0.318. The Balaban J connectivity index is 3.93. The molecule has 64 valence electrons. The summed E-state index contributed by atoms with van der Waals surface area (Å²) in [6, 6.07) is 0. The summed E-state index contributed by atoms with van der Waals surface area (Å²) in [4.78, 5) is 0. The summed E-state index contributed by atoms with van der Waals surface area (Å²) in [6.45, 7) is 7.28. The van der Waals surface area contributed by atoms with Gasteiger partial charge in [-0.15, -0.1) is 6.42 Å². The summed E-state index contributed by atoms with van der Waals surface area (Å²) in [5.74, 6) is 2.57. The second kappa shape index (κ2) is 3.43. The Kier molecular flexibility index (Phi) is 3.35. The molecule has 0 aromatic carbocycles. The Labute approximate surface area is 68.8 Å². The summed E-state index contributed by atoms with van der Waals surface area (Å²) in [7, 11) is -2.37. The van der Waals surface area contributed by atoms with Crippen molar-refractivity contribution in [3.63, 3.8) is 0 Å². The van der Waals surface area contributed by atoms with Crippen LogP contribution in [0.4, 0.5) is 0 Å². The molecule has 11 heavy (non-hydrogen) atoms. The monoisotopic (exact) mass is 174 g/mol. The molecule has 0 bridgehead atoms. The Morgan fingerprint density at radius 1 is 1.55 bits per heavy atom. The Hall–Kier alpha value is -0.250. The molecular formula is C8H15O2P. The normalized spacial score (nSPS) is 12.6. The zero-order valence-corrected chi connectivity index (χ0v) is 8.44. The van der Waals surface area contributed by atoms with E-state index in [1.54, 1.807) is 13.3 Å². The highest BCUT2D eigenvalue weighted by Crippen LogP contribution is 2.38. The van der Waals surface area contributed by atoms with Crippen LogP contribution >= 0.6 is 7.37 Å². The van der Waals surface area contributed by atoms with Gasteiger partial charge in [-0.2, -0.15) is 0 Å². The second-order valence-corrected chi connectivity index (χ2v) is 6.32. The average molecular weight is 174 g/mol. The van der Waals surface area contributed by atoms with Crippen molar-refractivity contribution >= 4 is 7.37 Å². The van der Waals surface area contributed by atoms with Gasteiger partial charge in [-0.25, -0.2) is 0 Å². The van der Waals surface area contributed by atoms with Crippen molar-refractivity contribution in [1.82, 2.24) is 0 Å². The van der Waals surface area contributed by atoms with Crippen LogP contribution in [0.2, 0.25) is 0 Å². The standard InChI is InChI=1S/C8H15O2P/c1-6-8(2,3)7-10-11(4,5)9/h1H,7H2,2-5H3.